The molecule has 120 valence electrons. The molecule has 0 aliphatic carbocycles. The molecule has 0 radical (unpaired) electrons. The van der Waals surface area contributed by atoms with E-state index in [1.54, 1.807) is 0 Å². The van der Waals surface area contributed by atoms with Gasteiger partial charge in [0.05, 0.1) is 7.11 Å². The number of aromatic nitrogens is 1. The second-order valence-corrected chi connectivity index (χ2v) is 5.25. The highest BCUT2D eigenvalue weighted by molar-refractivity contribution is 6.08. The Bertz CT molecular complexity index is 1010. The molecule has 0 N–H and O–H groups in total. The van der Waals surface area contributed by atoms with Gasteiger partial charge in [-0.3, -0.25) is 0 Å². The second-order valence-electron chi connectivity index (χ2n) is 5.25. The van der Waals surface area contributed by atoms with Gasteiger partial charge in [0.2, 0.25) is 0 Å². The zero-order valence-corrected chi connectivity index (χ0v) is 13.4. The number of azide groups is 1. The highest BCUT2D eigenvalue weighted by Gasteiger charge is 2.11. The van der Waals surface area contributed by atoms with Crippen LogP contribution in [0.5, 0.6) is 0 Å². The summed E-state index contributed by atoms with van der Waals surface area (Å²) >= 11 is 0. The normalized spacial score (nSPS) is 11.5. The number of rotatable bonds is 4. The quantitative estimate of drug-likeness (QED) is 0.231. The van der Waals surface area contributed by atoms with E-state index in [0.29, 0.717) is 0 Å². The first-order chi connectivity index (χ1) is 11.7. The smallest absolute Gasteiger partial charge is 0.340 e. The van der Waals surface area contributed by atoms with Crippen molar-refractivity contribution in [1.82, 2.24) is 4.57 Å². The van der Waals surface area contributed by atoms with Gasteiger partial charge >= 0.3 is 5.97 Å². The molecule has 3 rings (SSSR count). The highest BCUT2D eigenvalue weighted by Crippen LogP contribution is 2.30. The van der Waals surface area contributed by atoms with Crippen LogP contribution in [0.1, 0.15) is 12.5 Å². The van der Waals surface area contributed by atoms with Crippen LogP contribution in [0.2, 0.25) is 0 Å². The first-order valence-corrected chi connectivity index (χ1v) is 7.55. The van der Waals surface area contributed by atoms with E-state index in [-0.39, 0.29) is 5.70 Å². The third-order valence-electron chi connectivity index (χ3n) is 3.96. The molecule has 0 aliphatic rings. The Morgan fingerprint density at radius 2 is 2.00 bits per heavy atom. The van der Waals surface area contributed by atoms with Crippen LogP contribution in [0.15, 0.2) is 53.3 Å². The largest absolute Gasteiger partial charge is 0.466 e. The molecule has 0 atom stereocenters. The average Bonchev–Trinajstić information content (AvgIpc) is 2.94. The summed E-state index contributed by atoms with van der Waals surface area (Å²) in [6, 6.07) is 14.1. The topological polar surface area (TPSA) is 80.0 Å². The average molecular weight is 320 g/mol. The van der Waals surface area contributed by atoms with Gasteiger partial charge in [-0.2, -0.15) is 0 Å². The molecule has 0 spiro atoms. The third-order valence-corrected chi connectivity index (χ3v) is 3.96. The van der Waals surface area contributed by atoms with E-state index >= 15 is 0 Å². The minimum Gasteiger partial charge on any atom is -0.466 e. The van der Waals surface area contributed by atoms with Crippen molar-refractivity contribution in [3.8, 4) is 0 Å². The summed E-state index contributed by atoms with van der Waals surface area (Å²) in [4.78, 5) is 14.4. The lowest BCUT2D eigenvalue weighted by molar-refractivity contribution is -0.136. The predicted molar refractivity (Wildman–Crippen MR) is 94.3 cm³/mol. The SMILES string of the molecule is CCn1c2ccccc2c2cc(/C=C(\N=[N+]=[N-])C(=O)OC)ccc21. The van der Waals surface area contributed by atoms with Gasteiger partial charge in [0, 0.05) is 33.3 Å². The van der Waals surface area contributed by atoms with Crippen LogP contribution in [0.3, 0.4) is 0 Å². The number of carbonyl (C=O) groups excluding carboxylic acids is 1. The number of hydrogen-bond acceptors (Lipinski definition) is 3. The number of benzene rings is 2. The summed E-state index contributed by atoms with van der Waals surface area (Å²) < 4.78 is 6.88. The summed E-state index contributed by atoms with van der Waals surface area (Å²) in [6.45, 7) is 2.97. The maximum Gasteiger partial charge on any atom is 0.340 e. The highest BCUT2D eigenvalue weighted by atomic mass is 16.5. The lowest BCUT2D eigenvalue weighted by atomic mass is 10.1. The van der Waals surface area contributed by atoms with Crippen LogP contribution in [0, 0.1) is 0 Å². The third kappa shape index (κ3) is 2.59. The van der Waals surface area contributed by atoms with E-state index in [9.17, 15) is 4.79 Å². The van der Waals surface area contributed by atoms with Crippen LogP contribution in [0.25, 0.3) is 38.3 Å². The predicted octanol–water partition coefficient (Wildman–Crippen LogP) is 4.64. The van der Waals surface area contributed by atoms with E-state index in [4.69, 9.17) is 5.53 Å². The molecule has 0 fully saturated rings. The molecule has 1 heterocycles. The Morgan fingerprint density at radius 1 is 1.25 bits per heavy atom. The Morgan fingerprint density at radius 3 is 2.71 bits per heavy atom. The van der Waals surface area contributed by atoms with Crippen molar-refractivity contribution < 1.29 is 9.53 Å². The monoisotopic (exact) mass is 320 g/mol. The van der Waals surface area contributed by atoms with Gasteiger partial charge in [-0.25, -0.2) is 4.79 Å². The fourth-order valence-corrected chi connectivity index (χ4v) is 2.94. The lowest BCUT2D eigenvalue weighted by Gasteiger charge is -2.03. The minimum absolute atomic E-state index is 0.0708. The molecule has 0 aliphatic heterocycles. The summed E-state index contributed by atoms with van der Waals surface area (Å²) in [5, 5.41) is 5.65. The molecular formula is C18H16N4O2. The van der Waals surface area contributed by atoms with Crippen molar-refractivity contribution in [1.29, 1.82) is 0 Å². The standard InChI is InChI=1S/C18H16N4O2/c1-3-22-16-7-5-4-6-13(16)14-10-12(8-9-17(14)22)11-15(20-21-19)18(23)24-2/h4-11H,3H2,1-2H3/b15-11-. The Labute approximate surface area is 138 Å². The number of methoxy groups -OCH3 is 1. The number of aryl methyl sites for hydroxylation is 1. The summed E-state index contributed by atoms with van der Waals surface area (Å²) in [6.07, 6.45) is 1.53. The van der Waals surface area contributed by atoms with Crippen LogP contribution in [0.4, 0.5) is 0 Å². The lowest BCUT2D eigenvalue weighted by Crippen LogP contribution is -2.01. The van der Waals surface area contributed by atoms with Gasteiger partial charge in [-0.1, -0.05) is 29.4 Å². The second kappa shape index (κ2) is 6.48. The number of nitrogens with zero attached hydrogens (tertiary/aromatic N) is 4. The van der Waals surface area contributed by atoms with Gasteiger partial charge < -0.3 is 9.30 Å². The summed E-state index contributed by atoms with van der Waals surface area (Å²) in [5.41, 5.74) is 11.6. The van der Waals surface area contributed by atoms with Crippen molar-refractivity contribution in [2.75, 3.05) is 7.11 Å². The molecule has 0 unspecified atom stereocenters. The molecule has 0 amide bonds. The zero-order chi connectivity index (χ0) is 17.1. The van der Waals surface area contributed by atoms with Crippen LogP contribution >= 0.6 is 0 Å². The Balaban J connectivity index is 2.23. The summed E-state index contributed by atoms with van der Waals surface area (Å²) in [7, 11) is 1.25. The van der Waals surface area contributed by atoms with Crippen molar-refractivity contribution in [3.05, 3.63) is 64.2 Å². The van der Waals surface area contributed by atoms with E-state index in [1.807, 2.05) is 30.3 Å². The molecule has 24 heavy (non-hydrogen) atoms. The fraction of sp³-hybridized carbons (Fsp3) is 0.167. The molecule has 2 aromatic carbocycles. The number of para-hydroxylation sites is 1. The molecule has 6 heteroatoms. The van der Waals surface area contributed by atoms with E-state index in [2.05, 4.69) is 38.4 Å². The van der Waals surface area contributed by atoms with Crippen molar-refractivity contribution in [2.45, 2.75) is 13.5 Å². The maximum atomic E-state index is 11.7. The molecule has 3 aromatic rings. The molecule has 6 nitrogen and oxygen atoms in total. The zero-order valence-electron chi connectivity index (χ0n) is 13.4. The number of hydrogen-bond donors (Lipinski definition) is 0. The molecular weight excluding hydrogens is 304 g/mol. The molecule has 0 saturated carbocycles. The Kier molecular flexibility index (Phi) is 4.22. The minimum atomic E-state index is -0.663. The Hall–Kier alpha value is -3.24. The first-order valence-electron chi connectivity index (χ1n) is 7.55. The number of esters is 1. The van der Waals surface area contributed by atoms with Gasteiger partial charge in [-0.05, 0) is 42.3 Å². The number of carbonyl (C=O) groups is 1. The van der Waals surface area contributed by atoms with Crippen molar-refractivity contribution >= 4 is 33.9 Å². The van der Waals surface area contributed by atoms with Gasteiger partial charge in [0.25, 0.3) is 0 Å². The summed E-state index contributed by atoms with van der Waals surface area (Å²) in [5.74, 6) is -0.663. The number of fused-ring (bicyclic) bond motifs is 3. The molecule has 0 bridgehead atoms. The van der Waals surface area contributed by atoms with Crippen molar-refractivity contribution in [3.63, 3.8) is 0 Å². The molecule has 1 aromatic heterocycles. The van der Waals surface area contributed by atoms with Gasteiger partial charge in [-0.15, -0.1) is 0 Å². The van der Waals surface area contributed by atoms with Crippen molar-refractivity contribution in [2.24, 2.45) is 5.11 Å². The fourth-order valence-electron chi connectivity index (χ4n) is 2.94. The first kappa shape index (κ1) is 15.6. The number of ether oxygens (including phenoxy) is 1. The van der Waals surface area contributed by atoms with Crippen LogP contribution < -0.4 is 0 Å². The van der Waals surface area contributed by atoms with E-state index in [0.717, 1.165) is 28.4 Å². The van der Waals surface area contributed by atoms with Gasteiger partial charge in [0.15, 0.2) is 0 Å². The molecule has 0 saturated heterocycles. The maximum absolute atomic E-state index is 11.7. The van der Waals surface area contributed by atoms with Gasteiger partial charge in [0.1, 0.15) is 5.70 Å². The van der Waals surface area contributed by atoms with Crippen LogP contribution in [-0.4, -0.2) is 17.6 Å². The van der Waals surface area contributed by atoms with E-state index < -0.39 is 5.97 Å². The van der Waals surface area contributed by atoms with Crippen LogP contribution in [-0.2, 0) is 16.1 Å². The van der Waals surface area contributed by atoms with E-state index in [1.165, 1.54) is 18.7 Å².